The summed E-state index contributed by atoms with van der Waals surface area (Å²) in [6, 6.07) is -4.42. The molecule has 1 saturated carbocycles. The van der Waals surface area contributed by atoms with Gasteiger partial charge in [-0.25, -0.2) is 9.59 Å². The molecule has 0 unspecified atom stereocenters. The first-order chi connectivity index (χ1) is 16.2. The van der Waals surface area contributed by atoms with Crippen LogP contribution in [0.2, 0.25) is 0 Å². The number of alkyl halides is 2. The first-order valence-corrected chi connectivity index (χ1v) is 12.0. The van der Waals surface area contributed by atoms with Crippen LogP contribution in [0.1, 0.15) is 41.5 Å². The molecule has 14 heteroatoms. The smallest absolute Gasteiger partial charge is 0.326 e. The zero-order valence-electron chi connectivity index (χ0n) is 21.0. The predicted molar refractivity (Wildman–Crippen MR) is 130 cm³/mol. The van der Waals surface area contributed by atoms with E-state index in [1.165, 1.54) is 4.90 Å². The van der Waals surface area contributed by atoms with Gasteiger partial charge in [-0.05, 0) is 10.8 Å². The van der Waals surface area contributed by atoms with Crippen molar-refractivity contribution in [2.45, 2.75) is 64.0 Å². The average Bonchev–Trinajstić information content (AvgIpc) is 3.06. The maximum Gasteiger partial charge on any atom is 0.326 e. The summed E-state index contributed by atoms with van der Waals surface area (Å²) in [6.45, 7) is 9.38. The molecule has 12 nitrogen and oxygen atoms in total. The molecule has 1 aliphatic carbocycles. The van der Waals surface area contributed by atoms with E-state index in [1.807, 2.05) is 0 Å². The van der Waals surface area contributed by atoms with Crippen molar-refractivity contribution in [1.82, 2.24) is 20.9 Å². The number of carbonyl (C=O) groups excluding carboxylic acids is 5. The molecule has 0 aromatic carbocycles. The number of Topliss-reactive ketones (excluding diaryl/α,β-unsaturated/α-hetero) is 1. The number of aliphatic carboxylic acids is 1. The molecule has 0 bridgehead atoms. The summed E-state index contributed by atoms with van der Waals surface area (Å²) in [5, 5.41) is 16.7. The Balaban J connectivity index is 2.25. The molecule has 5 atom stereocenters. The number of hydrogen-bond donors (Lipinski definition) is 5. The molecule has 0 spiro atoms. The van der Waals surface area contributed by atoms with Gasteiger partial charge in [0, 0.05) is 18.4 Å². The molecule has 0 radical (unpaired) electrons. The minimum Gasteiger partial charge on any atom is -0.480 e. The maximum absolute atomic E-state index is 13.6. The Morgan fingerprint density at radius 2 is 1.50 bits per heavy atom. The molecule has 2 aliphatic rings. The second-order valence-corrected chi connectivity index (χ2v) is 12.7. The molecule has 202 valence electrons. The van der Waals surface area contributed by atoms with E-state index in [0.717, 1.165) is 0 Å². The fourth-order valence-corrected chi connectivity index (χ4v) is 5.09. The third-order valence-electron chi connectivity index (χ3n) is 6.36. The largest absolute Gasteiger partial charge is 0.480 e. The number of nitrogens with one attached hydrogen (secondary N) is 3. The number of urea groups is 1. The van der Waals surface area contributed by atoms with Crippen molar-refractivity contribution in [2.24, 2.45) is 28.4 Å². The normalized spacial score (nSPS) is 24.1. The number of nitrogens with zero attached hydrogens (tertiary/aromatic N) is 1. The lowest BCUT2D eigenvalue weighted by Gasteiger charge is -2.37. The predicted octanol–water partition coefficient (Wildman–Crippen LogP) is 0.000900. The van der Waals surface area contributed by atoms with Crippen LogP contribution in [0.25, 0.3) is 0 Å². The van der Waals surface area contributed by atoms with Crippen LogP contribution in [0, 0.1) is 22.7 Å². The molecular formula is C22H33Cl2N5O7. The van der Waals surface area contributed by atoms with Crippen LogP contribution < -0.4 is 21.7 Å². The minimum absolute atomic E-state index is 0.0218. The molecule has 1 heterocycles. The van der Waals surface area contributed by atoms with Crippen LogP contribution in [0.15, 0.2) is 0 Å². The second-order valence-electron chi connectivity index (χ2n) is 11.3. The lowest BCUT2D eigenvalue weighted by molar-refractivity contribution is -0.143. The zero-order valence-corrected chi connectivity index (χ0v) is 22.5. The Kier molecular flexibility index (Phi) is 8.27. The average molecular weight is 550 g/mol. The van der Waals surface area contributed by atoms with E-state index < -0.39 is 87.2 Å². The summed E-state index contributed by atoms with van der Waals surface area (Å²) < 4.78 is -1.25. The number of carbonyl (C=O) groups is 6. The number of carboxylic acids is 1. The van der Waals surface area contributed by atoms with Gasteiger partial charge in [0.15, 0.2) is 0 Å². The number of ketones is 1. The monoisotopic (exact) mass is 549 g/mol. The number of rotatable bonds is 8. The number of amides is 5. The lowest BCUT2D eigenvalue weighted by Crippen LogP contribution is -2.62. The Morgan fingerprint density at radius 1 is 1.00 bits per heavy atom. The number of piperidine rings is 1. The summed E-state index contributed by atoms with van der Waals surface area (Å²) in [6.07, 6.45) is 0. The highest BCUT2D eigenvalue weighted by Crippen LogP contribution is 2.65. The molecule has 2 fully saturated rings. The highest BCUT2D eigenvalue weighted by Gasteiger charge is 2.74. The molecule has 36 heavy (non-hydrogen) atoms. The van der Waals surface area contributed by atoms with Gasteiger partial charge in [0.25, 0.3) is 5.91 Å². The van der Waals surface area contributed by atoms with Crippen molar-refractivity contribution in [2.75, 3.05) is 13.1 Å². The fraction of sp³-hybridized carbons (Fsp3) is 0.727. The van der Waals surface area contributed by atoms with Gasteiger partial charge >= 0.3 is 12.0 Å². The lowest BCUT2D eigenvalue weighted by atomic mass is 9.85. The van der Waals surface area contributed by atoms with Crippen molar-refractivity contribution in [3.63, 3.8) is 0 Å². The van der Waals surface area contributed by atoms with Crippen LogP contribution >= 0.6 is 23.2 Å². The third kappa shape index (κ3) is 6.20. The van der Waals surface area contributed by atoms with Gasteiger partial charge in [0.05, 0.1) is 6.54 Å². The third-order valence-corrected chi connectivity index (χ3v) is 7.42. The summed E-state index contributed by atoms with van der Waals surface area (Å²) in [5.74, 6) is -5.88. The number of hydrogen-bond acceptors (Lipinski definition) is 6. The molecule has 1 aliphatic heterocycles. The maximum atomic E-state index is 13.6. The molecule has 0 aromatic heterocycles. The van der Waals surface area contributed by atoms with E-state index in [4.69, 9.17) is 28.9 Å². The standard InChI is InChI=1S/C22H33Cl2N5O7/c1-20(2,3)13(27-19(36)28-14(18(34)35)21(4,5)6)17(33)29-8-9-11(22(9,23)24)12(29)16(32)26-7-10(30)15(25)31/h9,11-14H,7-8H2,1-6H3,(H2,25,31)(H,26,32)(H,34,35)(H2,27,28,36)/t9-,11-,12-,13+,14+/m0/s1. The number of primary amides is 1. The molecular weight excluding hydrogens is 517 g/mol. The number of carboxylic acid groups (broad SMARTS) is 1. The number of halogens is 2. The van der Waals surface area contributed by atoms with Gasteiger partial charge in [-0.15, -0.1) is 23.2 Å². The Labute approximate surface area is 219 Å². The summed E-state index contributed by atoms with van der Waals surface area (Å²) >= 11 is 12.6. The van der Waals surface area contributed by atoms with E-state index >= 15 is 0 Å². The molecule has 1 saturated heterocycles. The van der Waals surface area contributed by atoms with E-state index in [0.29, 0.717) is 0 Å². The number of fused-ring (bicyclic) bond motifs is 1. The van der Waals surface area contributed by atoms with E-state index in [2.05, 4.69) is 16.0 Å². The zero-order chi connectivity index (χ0) is 28.0. The summed E-state index contributed by atoms with van der Waals surface area (Å²) in [4.78, 5) is 74.8. The fourth-order valence-electron chi connectivity index (χ4n) is 4.26. The van der Waals surface area contributed by atoms with Crippen molar-refractivity contribution in [1.29, 1.82) is 0 Å². The molecule has 2 rings (SSSR count). The number of nitrogens with two attached hydrogens (primary N) is 1. The van der Waals surface area contributed by atoms with Gasteiger partial charge in [0.1, 0.15) is 22.5 Å². The van der Waals surface area contributed by atoms with Crippen molar-refractivity contribution < 1.29 is 33.9 Å². The van der Waals surface area contributed by atoms with Crippen molar-refractivity contribution in [3.05, 3.63) is 0 Å². The summed E-state index contributed by atoms with van der Waals surface area (Å²) in [5.41, 5.74) is 3.26. The molecule has 5 amide bonds. The van der Waals surface area contributed by atoms with Crippen LogP contribution in [-0.2, 0) is 24.0 Å². The topological polar surface area (TPSA) is 188 Å². The molecule has 0 aromatic rings. The van der Waals surface area contributed by atoms with Gasteiger partial charge in [0.2, 0.25) is 17.6 Å². The van der Waals surface area contributed by atoms with Gasteiger partial charge < -0.3 is 31.7 Å². The Hall–Kier alpha value is -2.60. The highest BCUT2D eigenvalue weighted by molar-refractivity contribution is 6.51. The van der Waals surface area contributed by atoms with Crippen molar-refractivity contribution in [3.8, 4) is 0 Å². The first kappa shape index (κ1) is 29.6. The number of likely N-dealkylation sites (tertiary alicyclic amines) is 1. The van der Waals surface area contributed by atoms with E-state index in [-0.39, 0.29) is 6.54 Å². The second kappa shape index (κ2) is 10.0. The van der Waals surface area contributed by atoms with E-state index in [1.54, 1.807) is 41.5 Å². The van der Waals surface area contributed by atoms with Gasteiger partial charge in [-0.3, -0.25) is 19.2 Å². The van der Waals surface area contributed by atoms with Crippen LogP contribution in [-0.4, -0.2) is 81.1 Å². The SMILES string of the molecule is CC(C)(C)[C@H](NC(=O)N[C@H](C(=O)N1C[C@H]2[C@@H]([C@H]1C(=O)NCC(=O)C(N)=O)C2(Cl)Cl)C(C)(C)C)C(=O)O. The first-order valence-electron chi connectivity index (χ1n) is 11.3. The minimum atomic E-state index is -1.25. The molecule has 6 N–H and O–H groups in total. The summed E-state index contributed by atoms with van der Waals surface area (Å²) in [7, 11) is 0. The van der Waals surface area contributed by atoms with E-state index in [9.17, 15) is 33.9 Å². The van der Waals surface area contributed by atoms with Crippen LogP contribution in [0.4, 0.5) is 4.79 Å². The van der Waals surface area contributed by atoms with Gasteiger partial charge in [-0.2, -0.15) is 0 Å². The van der Waals surface area contributed by atoms with Crippen molar-refractivity contribution >= 4 is 58.7 Å². The van der Waals surface area contributed by atoms with Crippen LogP contribution in [0.5, 0.6) is 0 Å². The Morgan fingerprint density at radius 3 is 1.94 bits per heavy atom. The van der Waals surface area contributed by atoms with Gasteiger partial charge in [-0.1, -0.05) is 41.5 Å². The van der Waals surface area contributed by atoms with Crippen LogP contribution in [0.3, 0.4) is 0 Å². The Bertz CT molecular complexity index is 973. The highest BCUT2D eigenvalue weighted by atomic mass is 35.5. The quantitative estimate of drug-likeness (QED) is 0.208.